The van der Waals surface area contributed by atoms with Crippen LogP contribution in [0.2, 0.25) is 0 Å². The summed E-state index contributed by atoms with van der Waals surface area (Å²) in [4.78, 5) is 0. The van der Waals surface area contributed by atoms with Crippen LogP contribution in [0.3, 0.4) is 0 Å². The molecule has 1 aromatic carbocycles. The summed E-state index contributed by atoms with van der Waals surface area (Å²) in [5.74, 6) is 0.902. The van der Waals surface area contributed by atoms with E-state index < -0.39 is 0 Å². The number of benzene rings is 1. The van der Waals surface area contributed by atoms with E-state index in [0.29, 0.717) is 18.8 Å². The highest BCUT2D eigenvalue weighted by molar-refractivity contribution is 5.30. The van der Waals surface area contributed by atoms with E-state index in [0.717, 1.165) is 12.4 Å². The molecule has 3 atom stereocenters. The first-order valence-corrected chi connectivity index (χ1v) is 6.57. The maximum Gasteiger partial charge on any atom is 0.119 e. The molecule has 3 heteroatoms. The van der Waals surface area contributed by atoms with Crippen molar-refractivity contribution in [1.82, 2.24) is 0 Å². The van der Waals surface area contributed by atoms with Gasteiger partial charge in [0.1, 0.15) is 18.5 Å². The molecule has 2 aliphatic heterocycles. The minimum Gasteiger partial charge on any atom is -0.491 e. The lowest BCUT2D eigenvalue weighted by molar-refractivity contribution is -0.230. The summed E-state index contributed by atoms with van der Waals surface area (Å²) in [7, 11) is 0. The molecule has 0 radical (unpaired) electrons. The Labute approximate surface area is 108 Å². The summed E-state index contributed by atoms with van der Waals surface area (Å²) in [5, 5.41) is 0. The van der Waals surface area contributed by atoms with Crippen molar-refractivity contribution in [2.75, 3.05) is 13.2 Å². The van der Waals surface area contributed by atoms with Crippen molar-refractivity contribution < 1.29 is 14.2 Å². The van der Waals surface area contributed by atoms with Crippen molar-refractivity contribution in [1.29, 1.82) is 0 Å². The SMILES string of the molecule is CC1OC(c2ccc(OCC3CO3)cc2)C1(C)C. The Kier molecular flexibility index (Phi) is 2.83. The molecular formula is C15H20O3. The van der Waals surface area contributed by atoms with Crippen molar-refractivity contribution in [2.45, 2.75) is 39.1 Å². The molecule has 2 fully saturated rings. The molecule has 0 aliphatic carbocycles. The number of hydrogen-bond donors (Lipinski definition) is 0. The largest absolute Gasteiger partial charge is 0.491 e. The maximum atomic E-state index is 5.83. The van der Waals surface area contributed by atoms with E-state index in [9.17, 15) is 0 Å². The van der Waals surface area contributed by atoms with Gasteiger partial charge in [-0.05, 0) is 24.6 Å². The van der Waals surface area contributed by atoms with Crippen molar-refractivity contribution >= 4 is 0 Å². The molecule has 98 valence electrons. The lowest BCUT2D eigenvalue weighted by atomic mass is 9.73. The molecule has 0 bridgehead atoms. The van der Waals surface area contributed by atoms with E-state index >= 15 is 0 Å². The first-order chi connectivity index (χ1) is 8.57. The van der Waals surface area contributed by atoms with Crippen molar-refractivity contribution in [3.63, 3.8) is 0 Å². The third kappa shape index (κ3) is 2.13. The second kappa shape index (κ2) is 4.25. The van der Waals surface area contributed by atoms with Gasteiger partial charge in [-0.2, -0.15) is 0 Å². The van der Waals surface area contributed by atoms with Crippen LogP contribution in [0.4, 0.5) is 0 Å². The van der Waals surface area contributed by atoms with Gasteiger partial charge in [0.05, 0.1) is 18.8 Å². The van der Waals surface area contributed by atoms with Crippen LogP contribution in [0.25, 0.3) is 0 Å². The van der Waals surface area contributed by atoms with E-state index in [1.165, 1.54) is 5.56 Å². The summed E-state index contributed by atoms with van der Waals surface area (Å²) in [6.07, 6.45) is 0.832. The Morgan fingerprint density at radius 2 is 1.94 bits per heavy atom. The summed E-state index contributed by atoms with van der Waals surface area (Å²) in [6.45, 7) is 8.12. The predicted octanol–water partition coefficient (Wildman–Crippen LogP) is 2.95. The van der Waals surface area contributed by atoms with Gasteiger partial charge in [-0.1, -0.05) is 26.0 Å². The summed E-state index contributed by atoms with van der Waals surface area (Å²) >= 11 is 0. The van der Waals surface area contributed by atoms with Crippen LogP contribution in [0, 0.1) is 5.41 Å². The number of epoxide rings is 1. The highest BCUT2D eigenvalue weighted by atomic mass is 16.6. The van der Waals surface area contributed by atoms with Gasteiger partial charge >= 0.3 is 0 Å². The van der Waals surface area contributed by atoms with Crippen molar-refractivity contribution in [3.05, 3.63) is 29.8 Å². The van der Waals surface area contributed by atoms with Crippen LogP contribution < -0.4 is 4.74 Å². The number of hydrogen-bond acceptors (Lipinski definition) is 3. The fourth-order valence-corrected chi connectivity index (χ4v) is 2.30. The Balaban J connectivity index is 1.63. The molecule has 0 aromatic heterocycles. The number of ether oxygens (including phenoxy) is 3. The Hall–Kier alpha value is -1.06. The van der Waals surface area contributed by atoms with Gasteiger partial charge in [0.15, 0.2) is 0 Å². The zero-order valence-corrected chi connectivity index (χ0v) is 11.2. The molecule has 2 aliphatic rings. The molecule has 2 saturated heterocycles. The molecule has 1 aromatic rings. The van der Waals surface area contributed by atoms with Gasteiger partial charge in [-0.3, -0.25) is 0 Å². The molecule has 3 rings (SSSR count). The van der Waals surface area contributed by atoms with Crippen LogP contribution in [-0.2, 0) is 9.47 Å². The standard InChI is InChI=1S/C15H20O3/c1-10-15(2,3)14(18-10)11-4-6-12(7-5-11)16-8-13-9-17-13/h4-7,10,13-14H,8-9H2,1-3H3. The van der Waals surface area contributed by atoms with Crippen LogP contribution in [0.5, 0.6) is 5.75 Å². The second-order valence-corrected chi connectivity index (χ2v) is 5.82. The highest BCUT2D eigenvalue weighted by Gasteiger charge is 2.47. The minimum atomic E-state index is 0.202. The molecule has 2 heterocycles. The van der Waals surface area contributed by atoms with Crippen molar-refractivity contribution in [2.24, 2.45) is 5.41 Å². The molecular weight excluding hydrogens is 228 g/mol. The minimum absolute atomic E-state index is 0.202. The lowest BCUT2D eigenvalue weighted by Crippen LogP contribution is -2.48. The Morgan fingerprint density at radius 3 is 2.44 bits per heavy atom. The molecule has 0 saturated carbocycles. The van der Waals surface area contributed by atoms with E-state index in [2.05, 4.69) is 32.9 Å². The third-order valence-electron chi connectivity index (χ3n) is 4.08. The molecule has 3 nitrogen and oxygen atoms in total. The average Bonchev–Trinajstić information content (AvgIpc) is 3.18. The third-order valence-corrected chi connectivity index (χ3v) is 4.08. The molecule has 0 N–H and O–H groups in total. The van der Waals surface area contributed by atoms with Gasteiger partial charge in [0.2, 0.25) is 0 Å². The second-order valence-electron chi connectivity index (χ2n) is 5.82. The molecule has 3 unspecified atom stereocenters. The van der Waals surface area contributed by atoms with Gasteiger partial charge < -0.3 is 14.2 Å². The highest BCUT2D eigenvalue weighted by Crippen LogP contribution is 2.50. The molecule has 18 heavy (non-hydrogen) atoms. The smallest absolute Gasteiger partial charge is 0.119 e. The van der Waals surface area contributed by atoms with Gasteiger partial charge in [-0.25, -0.2) is 0 Å². The predicted molar refractivity (Wildman–Crippen MR) is 68.7 cm³/mol. The summed E-state index contributed by atoms with van der Waals surface area (Å²) < 4.78 is 16.6. The van der Waals surface area contributed by atoms with E-state index in [1.54, 1.807) is 0 Å². The fraction of sp³-hybridized carbons (Fsp3) is 0.600. The fourth-order valence-electron chi connectivity index (χ4n) is 2.30. The quantitative estimate of drug-likeness (QED) is 0.768. The van der Waals surface area contributed by atoms with E-state index in [1.807, 2.05) is 12.1 Å². The van der Waals surface area contributed by atoms with Crippen LogP contribution >= 0.6 is 0 Å². The lowest BCUT2D eigenvalue weighted by Gasteiger charge is -2.50. The zero-order chi connectivity index (χ0) is 12.8. The maximum absolute atomic E-state index is 5.83. The Morgan fingerprint density at radius 1 is 1.28 bits per heavy atom. The number of rotatable bonds is 4. The van der Waals surface area contributed by atoms with Crippen LogP contribution in [0.1, 0.15) is 32.4 Å². The normalized spacial score (nSPS) is 32.7. The zero-order valence-electron chi connectivity index (χ0n) is 11.2. The van der Waals surface area contributed by atoms with Gasteiger partial charge in [0, 0.05) is 5.41 Å². The van der Waals surface area contributed by atoms with Gasteiger partial charge in [-0.15, -0.1) is 0 Å². The molecule has 0 amide bonds. The first kappa shape index (κ1) is 12.0. The van der Waals surface area contributed by atoms with E-state index in [4.69, 9.17) is 14.2 Å². The summed E-state index contributed by atoms with van der Waals surface area (Å²) in [6, 6.07) is 8.23. The molecule has 0 spiro atoms. The first-order valence-electron chi connectivity index (χ1n) is 6.57. The van der Waals surface area contributed by atoms with Crippen molar-refractivity contribution in [3.8, 4) is 5.75 Å². The topological polar surface area (TPSA) is 31.0 Å². The van der Waals surface area contributed by atoms with E-state index in [-0.39, 0.29) is 11.5 Å². The van der Waals surface area contributed by atoms with Crippen LogP contribution in [0.15, 0.2) is 24.3 Å². The van der Waals surface area contributed by atoms with Gasteiger partial charge in [0.25, 0.3) is 0 Å². The average molecular weight is 248 g/mol. The Bertz CT molecular complexity index is 420. The van der Waals surface area contributed by atoms with Crippen LogP contribution in [-0.4, -0.2) is 25.4 Å². The monoisotopic (exact) mass is 248 g/mol. The summed E-state index contributed by atoms with van der Waals surface area (Å²) in [5.41, 5.74) is 1.44.